The van der Waals surface area contributed by atoms with Crippen LogP contribution < -0.4 is 20.3 Å². The van der Waals surface area contributed by atoms with E-state index in [9.17, 15) is 24.6 Å². The largest absolute Gasteiger partial charge is 0.446 e. The minimum Gasteiger partial charge on any atom is -0.446 e. The van der Waals surface area contributed by atoms with Crippen LogP contribution in [0.2, 0.25) is 0 Å². The first-order chi connectivity index (χ1) is 18.6. The molecule has 208 valence electrons. The second-order valence-electron chi connectivity index (χ2n) is 11.7. The molecule has 12 heteroatoms. The molecule has 1 aromatic carbocycles. The van der Waals surface area contributed by atoms with Gasteiger partial charge in [0, 0.05) is 36.1 Å². The Morgan fingerprint density at radius 1 is 1.00 bits per heavy atom. The topological polar surface area (TPSA) is 141 Å². The van der Waals surface area contributed by atoms with Gasteiger partial charge in [-0.3, -0.25) is 19.7 Å². The summed E-state index contributed by atoms with van der Waals surface area (Å²) in [5.41, 5.74) is 1.55. The van der Waals surface area contributed by atoms with E-state index in [0.29, 0.717) is 29.0 Å². The number of hydrogen-bond donors (Lipinski definition) is 4. The average molecular weight is 538 g/mol. The van der Waals surface area contributed by atoms with Gasteiger partial charge in [-0.25, -0.2) is 0 Å². The number of carbonyl (C=O) groups excluding carboxylic acids is 3. The molecule has 1 saturated carbocycles. The van der Waals surface area contributed by atoms with E-state index in [1.807, 2.05) is 0 Å². The summed E-state index contributed by atoms with van der Waals surface area (Å²) in [7, 11) is 5.42. The Kier molecular flexibility index (Phi) is 6.85. The fourth-order valence-electron chi connectivity index (χ4n) is 6.91. The van der Waals surface area contributed by atoms with Gasteiger partial charge in [0.1, 0.15) is 6.04 Å². The van der Waals surface area contributed by atoms with Gasteiger partial charge >= 0.3 is 0 Å². The van der Waals surface area contributed by atoms with Gasteiger partial charge in [0.25, 0.3) is 11.8 Å². The quantitative estimate of drug-likeness (QED) is 0.226. The summed E-state index contributed by atoms with van der Waals surface area (Å²) in [5.74, 6) is -4.07. The predicted octanol–water partition coefficient (Wildman–Crippen LogP) is 0.108. The van der Waals surface area contributed by atoms with Gasteiger partial charge in [-0.05, 0) is 70.2 Å². The van der Waals surface area contributed by atoms with Crippen molar-refractivity contribution in [3.05, 3.63) is 23.3 Å². The Labute approximate surface area is 228 Å². The number of hydrogen-bond acceptors (Lipinski definition) is 9. The van der Waals surface area contributed by atoms with Crippen molar-refractivity contribution in [3.8, 4) is 5.75 Å². The zero-order valence-electron chi connectivity index (χ0n) is 22.0. The van der Waals surface area contributed by atoms with Gasteiger partial charge < -0.3 is 34.8 Å². The van der Waals surface area contributed by atoms with Crippen molar-refractivity contribution in [1.29, 1.82) is 0 Å². The number of fused-ring (bicyclic) bond motifs is 1. The zero-order chi connectivity index (χ0) is 27.4. The lowest BCUT2D eigenvalue weighted by molar-refractivity contribution is -0.223. The lowest BCUT2D eigenvalue weighted by Gasteiger charge is -2.55. The van der Waals surface area contributed by atoms with E-state index in [0.717, 1.165) is 64.7 Å². The summed E-state index contributed by atoms with van der Waals surface area (Å²) in [6.45, 7) is 3.63. The van der Waals surface area contributed by atoms with E-state index < -0.39 is 17.8 Å². The lowest BCUT2D eigenvalue weighted by atomic mass is 9.67. The molecule has 1 unspecified atom stereocenters. The van der Waals surface area contributed by atoms with Crippen molar-refractivity contribution in [2.45, 2.75) is 82.0 Å². The Morgan fingerprint density at radius 2 is 1.69 bits per heavy atom. The van der Waals surface area contributed by atoms with Gasteiger partial charge in [0.05, 0.1) is 24.4 Å². The minimum atomic E-state index is -2.94. The summed E-state index contributed by atoms with van der Waals surface area (Å²) in [4.78, 5) is 40.8. The van der Waals surface area contributed by atoms with E-state index in [-0.39, 0.29) is 42.4 Å². The van der Waals surface area contributed by atoms with Crippen molar-refractivity contribution in [1.82, 2.24) is 15.5 Å². The Morgan fingerprint density at radius 3 is 2.36 bits per heavy atom. The molecular formula is C27H35BN4O7. The van der Waals surface area contributed by atoms with Crippen LogP contribution in [-0.2, 0) is 20.9 Å². The monoisotopic (exact) mass is 538 g/mol. The van der Waals surface area contributed by atoms with Crippen LogP contribution in [0.5, 0.6) is 5.75 Å². The third-order valence-corrected chi connectivity index (χ3v) is 8.96. The molecule has 4 heterocycles. The number of piperidine rings is 2. The fourth-order valence-corrected chi connectivity index (χ4v) is 6.91. The van der Waals surface area contributed by atoms with E-state index in [1.165, 1.54) is 4.90 Å². The van der Waals surface area contributed by atoms with Crippen LogP contribution in [0, 0.1) is 5.41 Å². The SMILES string of the molecule is [B]C(O)(O)Oc1c(N2CC3(CCC(OC4CCNCC4)CC3)C2)ccc2c1CN(C1CCC(=O)NC1=O)C2=O. The standard InChI is InChI=1S/C27H35BN4O7/c28-27(36,37)39-23-19-13-32(21-3-4-22(33)30-24(21)34)25(35)18(19)1-2-20(23)31-14-26(15-31)9-5-16(6-10-26)38-17-7-11-29-12-8-17/h1-2,16-17,21,29,36-37H,3-15H2,(H,30,33,34). The number of benzene rings is 1. The molecule has 3 saturated heterocycles. The number of carbonyl (C=O) groups is 3. The highest BCUT2D eigenvalue weighted by atomic mass is 16.8. The fraction of sp³-hybridized carbons (Fsp3) is 0.667. The number of nitrogens with one attached hydrogen (secondary N) is 2. The molecule has 4 aliphatic heterocycles. The van der Waals surface area contributed by atoms with Crippen molar-refractivity contribution in [3.63, 3.8) is 0 Å². The maximum atomic E-state index is 13.2. The maximum absolute atomic E-state index is 13.2. The maximum Gasteiger partial charge on any atom is 0.259 e. The first-order valence-corrected chi connectivity index (χ1v) is 14.0. The second-order valence-corrected chi connectivity index (χ2v) is 11.7. The zero-order valence-corrected chi connectivity index (χ0v) is 22.0. The average Bonchev–Trinajstić information content (AvgIpc) is 3.20. The third-order valence-electron chi connectivity index (χ3n) is 8.96. The van der Waals surface area contributed by atoms with Gasteiger partial charge in [-0.2, -0.15) is 0 Å². The summed E-state index contributed by atoms with van der Waals surface area (Å²) < 4.78 is 11.8. The Balaban J connectivity index is 1.16. The molecule has 1 atom stereocenters. The number of rotatable bonds is 6. The molecule has 0 bridgehead atoms. The predicted molar refractivity (Wildman–Crippen MR) is 140 cm³/mol. The molecular weight excluding hydrogens is 503 g/mol. The molecule has 0 aromatic heterocycles. The van der Waals surface area contributed by atoms with Crippen molar-refractivity contribution in [2.75, 3.05) is 31.1 Å². The first-order valence-electron chi connectivity index (χ1n) is 14.0. The van der Waals surface area contributed by atoms with Crippen molar-refractivity contribution in [2.24, 2.45) is 5.41 Å². The summed E-state index contributed by atoms with van der Waals surface area (Å²) >= 11 is 0. The highest BCUT2D eigenvalue weighted by Gasteiger charge is 2.48. The summed E-state index contributed by atoms with van der Waals surface area (Å²) in [6, 6.07) is 2.64. The molecule has 11 nitrogen and oxygen atoms in total. The molecule has 1 aliphatic carbocycles. The highest BCUT2D eigenvalue weighted by molar-refractivity contribution is 6.12. The minimum absolute atomic E-state index is 0.0361. The van der Waals surface area contributed by atoms with Crippen molar-refractivity contribution >= 4 is 31.3 Å². The molecule has 1 spiro atoms. The second kappa shape index (κ2) is 10.1. The van der Waals surface area contributed by atoms with Gasteiger partial charge in [0.15, 0.2) is 5.75 Å². The molecule has 6 rings (SSSR count). The summed E-state index contributed by atoms with van der Waals surface area (Å²) in [6.07, 6.45) is 7.33. The van der Waals surface area contributed by atoms with Crippen LogP contribution in [-0.4, -0.2) is 91.0 Å². The van der Waals surface area contributed by atoms with Gasteiger partial charge in [-0.15, -0.1) is 0 Å². The normalized spacial score (nSPS) is 26.0. The lowest BCUT2D eigenvalue weighted by Crippen LogP contribution is -2.58. The number of amides is 3. The molecule has 4 fully saturated rings. The molecule has 4 N–H and O–H groups in total. The molecule has 5 aliphatic rings. The smallest absolute Gasteiger partial charge is 0.259 e. The van der Waals surface area contributed by atoms with Crippen LogP contribution in [0.15, 0.2) is 12.1 Å². The van der Waals surface area contributed by atoms with E-state index in [2.05, 4.69) is 15.5 Å². The van der Waals surface area contributed by atoms with Crippen LogP contribution in [0.3, 0.4) is 0 Å². The Bertz CT molecular complexity index is 1150. The van der Waals surface area contributed by atoms with Crippen LogP contribution in [0.25, 0.3) is 0 Å². The Hall–Kier alpha value is -2.67. The van der Waals surface area contributed by atoms with Gasteiger partial charge in [0.2, 0.25) is 19.7 Å². The first kappa shape index (κ1) is 26.6. The molecule has 1 aromatic rings. The number of nitrogens with zero attached hydrogens (tertiary/aromatic N) is 2. The van der Waals surface area contributed by atoms with E-state index >= 15 is 0 Å². The third kappa shape index (κ3) is 5.27. The van der Waals surface area contributed by atoms with Crippen LogP contribution in [0.4, 0.5) is 5.69 Å². The number of aliphatic hydroxyl groups is 2. The van der Waals surface area contributed by atoms with Crippen LogP contribution >= 0.6 is 0 Å². The summed E-state index contributed by atoms with van der Waals surface area (Å²) in [5, 5.41) is 25.5. The van der Waals surface area contributed by atoms with Crippen molar-refractivity contribution < 1.29 is 34.1 Å². The van der Waals surface area contributed by atoms with E-state index in [1.54, 1.807) is 12.1 Å². The number of anilines is 1. The van der Waals surface area contributed by atoms with E-state index in [4.69, 9.17) is 17.3 Å². The van der Waals surface area contributed by atoms with Gasteiger partial charge in [-0.1, -0.05) is 0 Å². The molecule has 3 amide bonds. The van der Waals surface area contributed by atoms with Crippen LogP contribution in [0.1, 0.15) is 67.3 Å². The highest BCUT2D eigenvalue weighted by Crippen LogP contribution is 2.50. The molecule has 2 radical (unpaired) electrons. The number of ether oxygens (including phenoxy) is 2. The molecule has 39 heavy (non-hydrogen) atoms. The number of imide groups is 1.